The van der Waals surface area contributed by atoms with Crippen molar-refractivity contribution < 1.29 is 17.6 Å². The summed E-state index contributed by atoms with van der Waals surface area (Å²) in [5, 5.41) is 3.01. The summed E-state index contributed by atoms with van der Waals surface area (Å²) in [6, 6.07) is 2.70. The molecule has 0 aliphatic rings. The minimum atomic E-state index is -4.71. The quantitative estimate of drug-likeness (QED) is 0.863. The molecule has 0 amide bonds. The maximum Gasteiger partial charge on any atom is 0.419 e. The summed E-state index contributed by atoms with van der Waals surface area (Å²) in [5.74, 6) is -0.830. The molecule has 0 unspecified atom stereocenters. The SMILES string of the molecule is CCCNc1cncc(-c2ccc(C(F)(F)F)c(F)c2)n1. The molecule has 112 valence electrons. The Labute approximate surface area is 119 Å². The molecule has 21 heavy (non-hydrogen) atoms. The number of halogens is 4. The third-order valence-corrected chi connectivity index (χ3v) is 2.76. The Morgan fingerprint density at radius 2 is 1.95 bits per heavy atom. The topological polar surface area (TPSA) is 37.8 Å². The molecule has 0 atom stereocenters. The zero-order valence-electron chi connectivity index (χ0n) is 11.2. The van der Waals surface area contributed by atoms with Gasteiger partial charge in [-0.25, -0.2) is 9.37 Å². The summed E-state index contributed by atoms with van der Waals surface area (Å²) in [7, 11) is 0. The molecule has 7 heteroatoms. The predicted octanol–water partition coefficient (Wildman–Crippen LogP) is 4.12. The normalized spacial score (nSPS) is 11.5. The highest BCUT2D eigenvalue weighted by Gasteiger charge is 2.34. The highest BCUT2D eigenvalue weighted by molar-refractivity contribution is 5.60. The van der Waals surface area contributed by atoms with E-state index >= 15 is 0 Å². The lowest BCUT2D eigenvalue weighted by molar-refractivity contribution is -0.139. The number of hydrogen-bond donors (Lipinski definition) is 1. The number of alkyl halides is 3. The van der Waals surface area contributed by atoms with Crippen LogP contribution in [0.5, 0.6) is 0 Å². The molecule has 2 aromatic rings. The lowest BCUT2D eigenvalue weighted by Crippen LogP contribution is -2.08. The number of benzene rings is 1. The van der Waals surface area contributed by atoms with E-state index in [9.17, 15) is 17.6 Å². The van der Waals surface area contributed by atoms with Gasteiger partial charge in [0.1, 0.15) is 11.6 Å². The molecule has 1 aromatic carbocycles. The average molecular weight is 299 g/mol. The summed E-state index contributed by atoms with van der Waals surface area (Å²) in [4.78, 5) is 8.14. The highest BCUT2D eigenvalue weighted by atomic mass is 19.4. The fourth-order valence-electron chi connectivity index (χ4n) is 1.75. The van der Waals surface area contributed by atoms with Crippen molar-refractivity contribution >= 4 is 5.82 Å². The summed E-state index contributed by atoms with van der Waals surface area (Å²) in [6.45, 7) is 2.68. The number of anilines is 1. The minimum absolute atomic E-state index is 0.244. The third-order valence-electron chi connectivity index (χ3n) is 2.76. The number of aromatic nitrogens is 2. The van der Waals surface area contributed by atoms with Gasteiger partial charge in [-0.2, -0.15) is 13.2 Å². The van der Waals surface area contributed by atoms with Gasteiger partial charge >= 0.3 is 6.18 Å². The van der Waals surface area contributed by atoms with Crippen molar-refractivity contribution in [3.8, 4) is 11.3 Å². The van der Waals surface area contributed by atoms with E-state index in [0.717, 1.165) is 12.5 Å². The van der Waals surface area contributed by atoms with Crippen molar-refractivity contribution in [1.29, 1.82) is 0 Å². The summed E-state index contributed by atoms with van der Waals surface area (Å²) in [6.07, 6.45) is -0.946. The van der Waals surface area contributed by atoms with Crippen LogP contribution in [0.15, 0.2) is 30.6 Å². The zero-order chi connectivity index (χ0) is 15.5. The molecular formula is C14H13F4N3. The fourth-order valence-corrected chi connectivity index (χ4v) is 1.75. The summed E-state index contributed by atoms with van der Waals surface area (Å²) in [5.41, 5.74) is -0.739. The lowest BCUT2D eigenvalue weighted by Gasteiger charge is -2.10. The second kappa shape index (κ2) is 6.07. The van der Waals surface area contributed by atoms with Gasteiger partial charge in [0.05, 0.1) is 23.7 Å². The second-order valence-corrected chi connectivity index (χ2v) is 4.41. The number of rotatable bonds is 4. The Balaban J connectivity index is 2.32. The van der Waals surface area contributed by atoms with Gasteiger partial charge in [0.25, 0.3) is 0 Å². The van der Waals surface area contributed by atoms with Crippen molar-refractivity contribution in [1.82, 2.24) is 9.97 Å². The Morgan fingerprint density at radius 1 is 1.19 bits per heavy atom. The first kappa shape index (κ1) is 15.2. The molecule has 0 saturated carbocycles. The average Bonchev–Trinajstić information content (AvgIpc) is 2.44. The summed E-state index contributed by atoms with van der Waals surface area (Å²) < 4.78 is 51.1. The van der Waals surface area contributed by atoms with Crippen molar-refractivity contribution in [2.24, 2.45) is 0 Å². The molecule has 2 rings (SSSR count). The van der Waals surface area contributed by atoms with Crippen molar-refractivity contribution in [2.45, 2.75) is 19.5 Å². The van der Waals surface area contributed by atoms with Crippen molar-refractivity contribution in [3.05, 3.63) is 42.0 Å². The molecule has 0 fully saturated rings. The molecule has 0 bridgehead atoms. The molecule has 0 aliphatic heterocycles. The maximum atomic E-state index is 13.6. The van der Waals surface area contributed by atoms with Gasteiger partial charge in [0, 0.05) is 12.1 Å². The molecule has 0 radical (unpaired) electrons. The minimum Gasteiger partial charge on any atom is -0.369 e. The van der Waals surface area contributed by atoms with Crippen molar-refractivity contribution in [3.63, 3.8) is 0 Å². The molecule has 3 nitrogen and oxygen atoms in total. The van der Waals surface area contributed by atoms with E-state index in [4.69, 9.17) is 0 Å². The molecular weight excluding hydrogens is 286 g/mol. The van der Waals surface area contributed by atoms with Gasteiger partial charge in [-0.1, -0.05) is 13.0 Å². The van der Waals surface area contributed by atoms with Gasteiger partial charge in [-0.15, -0.1) is 0 Å². The van der Waals surface area contributed by atoms with Gasteiger partial charge in [0.2, 0.25) is 0 Å². The van der Waals surface area contributed by atoms with Crippen molar-refractivity contribution in [2.75, 3.05) is 11.9 Å². The third kappa shape index (κ3) is 3.68. The van der Waals surface area contributed by atoms with Gasteiger partial charge in [0.15, 0.2) is 0 Å². The van der Waals surface area contributed by atoms with Crippen LogP contribution in [0.1, 0.15) is 18.9 Å². The standard InChI is InChI=1S/C14H13F4N3/c1-2-5-20-13-8-19-7-12(21-13)9-3-4-10(11(15)6-9)14(16,17)18/h3-4,6-8H,2,5H2,1H3,(H,20,21). The zero-order valence-corrected chi connectivity index (χ0v) is 11.2. The highest BCUT2D eigenvalue weighted by Crippen LogP contribution is 2.33. The van der Waals surface area contributed by atoms with E-state index < -0.39 is 17.6 Å². The molecule has 1 aromatic heterocycles. The van der Waals surface area contributed by atoms with Crippen LogP contribution >= 0.6 is 0 Å². The van der Waals surface area contributed by atoms with E-state index in [2.05, 4.69) is 15.3 Å². The van der Waals surface area contributed by atoms with Gasteiger partial charge in [-0.3, -0.25) is 4.98 Å². The van der Waals surface area contributed by atoms with Crippen LogP contribution in [0.2, 0.25) is 0 Å². The molecule has 1 heterocycles. The Kier molecular flexibility index (Phi) is 4.40. The largest absolute Gasteiger partial charge is 0.419 e. The first-order chi connectivity index (χ1) is 9.91. The smallest absolute Gasteiger partial charge is 0.369 e. The summed E-state index contributed by atoms with van der Waals surface area (Å²) >= 11 is 0. The Morgan fingerprint density at radius 3 is 2.57 bits per heavy atom. The molecule has 0 aliphatic carbocycles. The van der Waals surface area contributed by atoms with Crippen LogP contribution in [0.25, 0.3) is 11.3 Å². The predicted molar refractivity (Wildman–Crippen MR) is 71.2 cm³/mol. The maximum absolute atomic E-state index is 13.6. The lowest BCUT2D eigenvalue weighted by atomic mass is 10.1. The molecule has 0 spiro atoms. The van der Waals surface area contributed by atoms with E-state index in [0.29, 0.717) is 24.1 Å². The van der Waals surface area contributed by atoms with Crippen LogP contribution in [0.3, 0.4) is 0 Å². The number of nitrogens with zero attached hydrogens (tertiary/aromatic N) is 2. The molecule has 0 saturated heterocycles. The van der Waals surface area contributed by atoms with E-state index in [-0.39, 0.29) is 5.56 Å². The van der Waals surface area contributed by atoms with Crippen LogP contribution < -0.4 is 5.32 Å². The monoisotopic (exact) mass is 299 g/mol. The van der Waals surface area contributed by atoms with Gasteiger partial charge < -0.3 is 5.32 Å². The first-order valence-corrected chi connectivity index (χ1v) is 6.35. The molecule has 1 N–H and O–H groups in total. The van der Waals surface area contributed by atoms with Crippen LogP contribution in [0.4, 0.5) is 23.4 Å². The van der Waals surface area contributed by atoms with E-state index in [1.165, 1.54) is 18.5 Å². The Bertz CT molecular complexity index is 626. The van der Waals surface area contributed by atoms with Gasteiger partial charge in [-0.05, 0) is 18.6 Å². The van der Waals surface area contributed by atoms with Crippen LogP contribution in [-0.2, 0) is 6.18 Å². The number of hydrogen-bond acceptors (Lipinski definition) is 3. The first-order valence-electron chi connectivity index (χ1n) is 6.35. The van der Waals surface area contributed by atoms with Crippen LogP contribution in [0, 0.1) is 5.82 Å². The Hall–Kier alpha value is -2.18. The fraction of sp³-hybridized carbons (Fsp3) is 0.286. The second-order valence-electron chi connectivity index (χ2n) is 4.41. The van der Waals surface area contributed by atoms with E-state index in [1.54, 1.807) is 0 Å². The van der Waals surface area contributed by atoms with Crippen LogP contribution in [-0.4, -0.2) is 16.5 Å². The van der Waals surface area contributed by atoms with E-state index in [1.807, 2.05) is 6.92 Å². The number of nitrogens with one attached hydrogen (secondary N) is 1.